The van der Waals surface area contributed by atoms with Gasteiger partial charge in [0.05, 0.1) is 6.04 Å². The molecule has 2 nitrogen and oxygen atoms in total. The molecule has 0 aliphatic carbocycles. The molecule has 1 aliphatic rings. The summed E-state index contributed by atoms with van der Waals surface area (Å²) in [6.45, 7) is 5.33. The van der Waals surface area contributed by atoms with E-state index in [0.29, 0.717) is 0 Å². The van der Waals surface area contributed by atoms with Crippen LogP contribution in [0.2, 0.25) is 0 Å². The van der Waals surface area contributed by atoms with Crippen molar-refractivity contribution in [3.05, 3.63) is 70.4 Å². The van der Waals surface area contributed by atoms with E-state index in [1.54, 1.807) is 0 Å². The van der Waals surface area contributed by atoms with Gasteiger partial charge in [-0.1, -0.05) is 41.5 Å². The second-order valence-electron chi connectivity index (χ2n) is 6.11. The van der Waals surface area contributed by atoms with Gasteiger partial charge in [0.25, 0.3) is 0 Å². The number of hydrogen-bond acceptors (Lipinski definition) is 1. The van der Waals surface area contributed by atoms with Gasteiger partial charge in [0, 0.05) is 23.1 Å². The molecule has 2 heterocycles. The quantitative estimate of drug-likeness (QED) is 0.690. The van der Waals surface area contributed by atoms with Crippen LogP contribution in [0.4, 0.5) is 0 Å². The monoisotopic (exact) mass is 276 g/mol. The fraction of sp³-hybridized carbons (Fsp3) is 0.263. The van der Waals surface area contributed by atoms with Gasteiger partial charge in [-0.15, -0.1) is 0 Å². The minimum Gasteiger partial charge on any atom is -0.357 e. The van der Waals surface area contributed by atoms with Crippen LogP contribution in [0.3, 0.4) is 0 Å². The molecule has 3 aromatic rings. The minimum absolute atomic E-state index is 0.280. The lowest BCUT2D eigenvalue weighted by Crippen LogP contribution is -2.30. The van der Waals surface area contributed by atoms with Crippen LogP contribution in [0.25, 0.3) is 10.9 Å². The maximum absolute atomic E-state index is 3.66. The molecule has 1 atom stereocenters. The van der Waals surface area contributed by atoms with Gasteiger partial charge in [0.1, 0.15) is 0 Å². The molecule has 21 heavy (non-hydrogen) atoms. The fourth-order valence-electron chi connectivity index (χ4n) is 3.39. The first-order valence-electron chi connectivity index (χ1n) is 7.63. The van der Waals surface area contributed by atoms with E-state index in [1.165, 1.54) is 38.9 Å². The highest BCUT2D eigenvalue weighted by Crippen LogP contribution is 2.33. The number of aryl methyl sites for hydroxylation is 2. The maximum atomic E-state index is 3.66. The van der Waals surface area contributed by atoms with E-state index in [1.807, 2.05) is 0 Å². The molecule has 1 aliphatic heterocycles. The van der Waals surface area contributed by atoms with Gasteiger partial charge in [-0.2, -0.15) is 0 Å². The molecule has 1 aromatic heterocycles. The summed E-state index contributed by atoms with van der Waals surface area (Å²) in [4.78, 5) is 3.64. The summed E-state index contributed by atoms with van der Waals surface area (Å²) in [5.41, 5.74) is 8.05. The zero-order valence-electron chi connectivity index (χ0n) is 12.5. The highest BCUT2D eigenvalue weighted by atomic mass is 15.0. The first kappa shape index (κ1) is 12.7. The van der Waals surface area contributed by atoms with Gasteiger partial charge >= 0.3 is 0 Å². The van der Waals surface area contributed by atoms with Gasteiger partial charge < -0.3 is 10.3 Å². The Balaban J connectivity index is 1.88. The van der Waals surface area contributed by atoms with E-state index in [-0.39, 0.29) is 6.04 Å². The lowest BCUT2D eigenvalue weighted by Gasteiger charge is -2.25. The lowest BCUT2D eigenvalue weighted by atomic mass is 9.94. The molecule has 0 radical (unpaired) electrons. The maximum Gasteiger partial charge on any atom is 0.0732 e. The van der Waals surface area contributed by atoms with Crippen molar-refractivity contribution in [2.45, 2.75) is 26.3 Å². The first-order valence-corrected chi connectivity index (χ1v) is 7.63. The molecule has 0 spiro atoms. The van der Waals surface area contributed by atoms with Crippen LogP contribution in [0.1, 0.15) is 34.0 Å². The number of rotatable bonds is 1. The number of benzene rings is 2. The zero-order valence-corrected chi connectivity index (χ0v) is 12.5. The van der Waals surface area contributed by atoms with Crippen LogP contribution in [-0.4, -0.2) is 11.5 Å². The largest absolute Gasteiger partial charge is 0.357 e. The molecule has 0 bridgehead atoms. The van der Waals surface area contributed by atoms with Gasteiger partial charge in [-0.25, -0.2) is 0 Å². The molecule has 2 aromatic carbocycles. The molecule has 2 heteroatoms. The Kier molecular flexibility index (Phi) is 2.86. The van der Waals surface area contributed by atoms with Crippen molar-refractivity contribution < 1.29 is 0 Å². The van der Waals surface area contributed by atoms with E-state index < -0.39 is 0 Å². The second-order valence-corrected chi connectivity index (χ2v) is 6.11. The van der Waals surface area contributed by atoms with Crippen molar-refractivity contribution in [3.8, 4) is 0 Å². The van der Waals surface area contributed by atoms with Crippen LogP contribution in [0.5, 0.6) is 0 Å². The van der Waals surface area contributed by atoms with Crippen LogP contribution >= 0.6 is 0 Å². The van der Waals surface area contributed by atoms with Crippen molar-refractivity contribution in [3.63, 3.8) is 0 Å². The van der Waals surface area contributed by atoms with Crippen LogP contribution in [0.15, 0.2) is 42.5 Å². The third-order valence-electron chi connectivity index (χ3n) is 4.52. The Labute approximate surface area is 125 Å². The normalized spacial score (nSPS) is 17.9. The summed E-state index contributed by atoms with van der Waals surface area (Å²) in [5, 5.41) is 5.05. The number of nitrogens with one attached hydrogen (secondary N) is 2. The SMILES string of the molecule is Cc1ccc([C@@H]2NCCc3c2[nH]c2ccc(C)cc32)cc1. The second kappa shape index (κ2) is 4.74. The third-order valence-corrected chi connectivity index (χ3v) is 4.52. The molecule has 0 amide bonds. The number of fused-ring (bicyclic) bond motifs is 3. The summed E-state index contributed by atoms with van der Waals surface area (Å²) in [5.74, 6) is 0. The Bertz CT molecular complexity index is 796. The lowest BCUT2D eigenvalue weighted by molar-refractivity contribution is 0.560. The average Bonchev–Trinajstić information content (AvgIpc) is 2.86. The molecule has 0 saturated heterocycles. The highest BCUT2D eigenvalue weighted by molar-refractivity contribution is 5.86. The number of aromatic nitrogens is 1. The Morgan fingerprint density at radius 1 is 0.952 bits per heavy atom. The Morgan fingerprint density at radius 2 is 1.71 bits per heavy atom. The van der Waals surface area contributed by atoms with E-state index in [9.17, 15) is 0 Å². The number of aromatic amines is 1. The predicted molar refractivity (Wildman–Crippen MR) is 87.8 cm³/mol. The summed E-state index contributed by atoms with van der Waals surface area (Å²) in [6.07, 6.45) is 1.10. The molecule has 106 valence electrons. The van der Waals surface area contributed by atoms with E-state index in [4.69, 9.17) is 0 Å². The molecule has 2 N–H and O–H groups in total. The summed E-state index contributed by atoms with van der Waals surface area (Å²) in [6, 6.07) is 15.8. The molecule has 0 saturated carbocycles. The smallest absolute Gasteiger partial charge is 0.0732 e. The number of H-pyrrole nitrogens is 1. The van der Waals surface area contributed by atoms with Gasteiger partial charge in [-0.3, -0.25) is 0 Å². The first-order chi connectivity index (χ1) is 10.2. The molecular formula is C19H20N2. The van der Waals surface area contributed by atoms with Crippen LogP contribution < -0.4 is 5.32 Å². The Morgan fingerprint density at radius 3 is 2.52 bits per heavy atom. The van der Waals surface area contributed by atoms with Gasteiger partial charge in [0.15, 0.2) is 0 Å². The summed E-state index contributed by atoms with van der Waals surface area (Å²) >= 11 is 0. The van der Waals surface area contributed by atoms with Crippen molar-refractivity contribution in [1.29, 1.82) is 0 Å². The van der Waals surface area contributed by atoms with Gasteiger partial charge in [0.2, 0.25) is 0 Å². The topological polar surface area (TPSA) is 27.8 Å². The number of hydrogen-bond donors (Lipinski definition) is 2. The zero-order chi connectivity index (χ0) is 14.4. The van der Waals surface area contributed by atoms with Crippen LogP contribution in [0, 0.1) is 13.8 Å². The van der Waals surface area contributed by atoms with Crippen molar-refractivity contribution in [2.24, 2.45) is 0 Å². The van der Waals surface area contributed by atoms with E-state index >= 15 is 0 Å². The highest BCUT2D eigenvalue weighted by Gasteiger charge is 2.24. The minimum atomic E-state index is 0.280. The predicted octanol–water partition coefficient (Wildman–Crippen LogP) is 4.02. The van der Waals surface area contributed by atoms with E-state index in [2.05, 4.69) is 66.6 Å². The van der Waals surface area contributed by atoms with Crippen molar-refractivity contribution in [2.75, 3.05) is 6.54 Å². The summed E-state index contributed by atoms with van der Waals surface area (Å²) in [7, 11) is 0. The summed E-state index contributed by atoms with van der Waals surface area (Å²) < 4.78 is 0. The molecule has 0 unspecified atom stereocenters. The molecular weight excluding hydrogens is 256 g/mol. The average molecular weight is 276 g/mol. The fourth-order valence-corrected chi connectivity index (χ4v) is 3.39. The van der Waals surface area contributed by atoms with Crippen LogP contribution in [-0.2, 0) is 6.42 Å². The van der Waals surface area contributed by atoms with Crippen molar-refractivity contribution >= 4 is 10.9 Å². The standard InChI is InChI=1S/C19H20N2/c1-12-3-6-14(7-4-12)18-19-15(9-10-20-18)16-11-13(2)5-8-17(16)21-19/h3-8,11,18,20-21H,9-10H2,1-2H3/t18-/m0/s1. The van der Waals surface area contributed by atoms with Crippen molar-refractivity contribution in [1.82, 2.24) is 10.3 Å². The van der Waals surface area contributed by atoms with E-state index in [0.717, 1.165) is 13.0 Å². The molecule has 4 rings (SSSR count). The third kappa shape index (κ3) is 2.07. The van der Waals surface area contributed by atoms with Gasteiger partial charge in [-0.05, 0) is 43.5 Å². The molecule has 0 fully saturated rings. The Hall–Kier alpha value is -2.06.